The van der Waals surface area contributed by atoms with Crippen LogP contribution in [0.25, 0.3) is 0 Å². The molecule has 0 saturated carbocycles. The molecule has 1 heterocycles. The maximum absolute atomic E-state index is 12.5. The zero-order chi connectivity index (χ0) is 11.4. The minimum atomic E-state index is -2.63. The third kappa shape index (κ3) is 2.75. The molecule has 0 bridgehead atoms. The van der Waals surface area contributed by atoms with Crippen molar-refractivity contribution >= 4 is 34.2 Å². The van der Waals surface area contributed by atoms with Crippen LogP contribution in [0.15, 0.2) is 6.20 Å². The number of nitrogens with zero attached hydrogens (tertiary/aromatic N) is 2. The minimum absolute atomic E-state index is 0.0720. The first-order chi connectivity index (χ1) is 7.11. The van der Waals surface area contributed by atoms with Crippen molar-refractivity contribution in [3.05, 3.63) is 26.6 Å². The second-order valence-electron chi connectivity index (χ2n) is 2.73. The average Bonchev–Trinajstić information content (AvgIpc) is 2.20. The maximum atomic E-state index is 12.5. The molecule has 1 rings (SSSR count). The Bertz CT molecular complexity index is 404. The molecule has 80 valence electrons. The van der Waals surface area contributed by atoms with Crippen molar-refractivity contribution in [2.24, 2.45) is 0 Å². The fourth-order valence-corrected chi connectivity index (χ4v) is 2.26. The fourth-order valence-electron chi connectivity index (χ4n) is 1.12. The van der Waals surface area contributed by atoms with Crippen LogP contribution in [-0.4, -0.2) is 4.98 Å². The van der Waals surface area contributed by atoms with Crippen LogP contribution in [0, 0.1) is 14.9 Å². The van der Waals surface area contributed by atoms with Crippen molar-refractivity contribution in [3.63, 3.8) is 0 Å². The van der Waals surface area contributed by atoms with Crippen molar-refractivity contribution in [1.29, 1.82) is 5.26 Å². The molecule has 0 aliphatic rings. The number of rotatable bonds is 3. The molecule has 6 heteroatoms. The van der Waals surface area contributed by atoms with E-state index in [1.807, 2.05) is 6.07 Å². The van der Waals surface area contributed by atoms with Gasteiger partial charge in [0, 0.05) is 15.6 Å². The highest BCUT2D eigenvalue weighted by Gasteiger charge is 2.18. The van der Waals surface area contributed by atoms with Gasteiger partial charge in [0.1, 0.15) is 5.69 Å². The summed E-state index contributed by atoms with van der Waals surface area (Å²) in [6.45, 7) is 0. The highest BCUT2D eigenvalue weighted by molar-refractivity contribution is 14.1. The van der Waals surface area contributed by atoms with E-state index in [2.05, 4.69) is 4.98 Å². The van der Waals surface area contributed by atoms with Crippen molar-refractivity contribution in [2.75, 3.05) is 0 Å². The number of hydrogen-bond donors (Lipinski definition) is 0. The molecule has 0 aliphatic heterocycles. The molecule has 0 spiro atoms. The molecule has 0 aromatic carbocycles. The van der Waals surface area contributed by atoms with Crippen LogP contribution in [0.2, 0.25) is 0 Å². The molecule has 0 atom stereocenters. The third-order valence-corrected chi connectivity index (χ3v) is 3.34. The quantitative estimate of drug-likeness (QED) is 0.623. The third-order valence-electron chi connectivity index (χ3n) is 1.84. The Balaban J connectivity index is 3.30. The highest BCUT2D eigenvalue weighted by atomic mass is 127. The number of aromatic nitrogens is 1. The van der Waals surface area contributed by atoms with Crippen molar-refractivity contribution in [3.8, 4) is 6.07 Å². The summed E-state index contributed by atoms with van der Waals surface area (Å²) in [6, 6.07) is 1.93. The van der Waals surface area contributed by atoms with Gasteiger partial charge in [0.05, 0.1) is 12.5 Å². The van der Waals surface area contributed by atoms with E-state index < -0.39 is 6.43 Å². The van der Waals surface area contributed by atoms with Gasteiger partial charge < -0.3 is 0 Å². The minimum Gasteiger partial charge on any atom is -0.254 e. The van der Waals surface area contributed by atoms with Gasteiger partial charge in [-0.3, -0.25) is 4.98 Å². The SMILES string of the molecule is N#CCc1c(CCl)cnc(C(F)F)c1I. The van der Waals surface area contributed by atoms with E-state index in [-0.39, 0.29) is 18.0 Å². The van der Waals surface area contributed by atoms with Gasteiger partial charge in [0.15, 0.2) is 0 Å². The molecule has 2 nitrogen and oxygen atoms in total. The van der Waals surface area contributed by atoms with Crippen LogP contribution in [0.4, 0.5) is 8.78 Å². The second-order valence-corrected chi connectivity index (χ2v) is 4.08. The van der Waals surface area contributed by atoms with Crippen LogP contribution in [0.5, 0.6) is 0 Å². The fraction of sp³-hybridized carbons (Fsp3) is 0.333. The molecule has 0 fully saturated rings. The predicted octanol–water partition coefficient (Wildman–Crippen LogP) is 3.43. The molecule has 15 heavy (non-hydrogen) atoms. The topological polar surface area (TPSA) is 36.7 Å². The zero-order valence-electron chi connectivity index (χ0n) is 7.48. The van der Waals surface area contributed by atoms with Crippen molar-refractivity contribution in [1.82, 2.24) is 4.98 Å². The average molecular weight is 343 g/mol. The van der Waals surface area contributed by atoms with Crippen LogP contribution < -0.4 is 0 Å². The van der Waals surface area contributed by atoms with E-state index in [4.69, 9.17) is 16.9 Å². The summed E-state index contributed by atoms with van der Waals surface area (Å²) in [4.78, 5) is 3.64. The normalized spacial score (nSPS) is 10.4. The molecular weight excluding hydrogens is 336 g/mol. The first kappa shape index (κ1) is 12.6. The zero-order valence-corrected chi connectivity index (χ0v) is 10.4. The van der Waals surface area contributed by atoms with E-state index in [1.54, 1.807) is 22.6 Å². The predicted molar refractivity (Wildman–Crippen MR) is 60.8 cm³/mol. The summed E-state index contributed by atoms with van der Waals surface area (Å²) in [6.07, 6.45) is -1.25. The van der Waals surface area contributed by atoms with Gasteiger partial charge in [0.2, 0.25) is 0 Å². The van der Waals surface area contributed by atoms with E-state index in [0.717, 1.165) is 0 Å². The van der Waals surface area contributed by atoms with Gasteiger partial charge in [-0.05, 0) is 33.7 Å². The molecular formula is C9H6ClF2IN2. The Morgan fingerprint density at radius 3 is 2.73 bits per heavy atom. The van der Waals surface area contributed by atoms with Crippen molar-refractivity contribution in [2.45, 2.75) is 18.7 Å². The van der Waals surface area contributed by atoms with E-state index in [9.17, 15) is 8.78 Å². The molecule has 0 saturated heterocycles. The van der Waals surface area contributed by atoms with Gasteiger partial charge in [-0.15, -0.1) is 11.6 Å². The number of halogens is 4. The molecule has 0 N–H and O–H groups in total. The maximum Gasteiger partial charge on any atom is 0.281 e. The van der Waals surface area contributed by atoms with Crippen LogP contribution in [0.1, 0.15) is 23.2 Å². The van der Waals surface area contributed by atoms with Crippen LogP contribution >= 0.6 is 34.2 Å². The number of pyridine rings is 1. The molecule has 0 amide bonds. The molecule has 0 radical (unpaired) electrons. The highest BCUT2D eigenvalue weighted by Crippen LogP contribution is 2.27. The number of hydrogen-bond acceptors (Lipinski definition) is 2. The summed E-state index contributed by atoms with van der Waals surface area (Å²) >= 11 is 7.41. The smallest absolute Gasteiger partial charge is 0.254 e. The van der Waals surface area contributed by atoms with Crippen molar-refractivity contribution < 1.29 is 8.78 Å². The summed E-state index contributed by atoms with van der Waals surface area (Å²) in [7, 11) is 0. The van der Waals surface area contributed by atoms with E-state index in [1.165, 1.54) is 6.20 Å². The summed E-state index contributed by atoms with van der Waals surface area (Å²) in [5.41, 5.74) is 0.903. The largest absolute Gasteiger partial charge is 0.281 e. The van der Waals surface area contributed by atoms with Gasteiger partial charge >= 0.3 is 0 Å². The standard InChI is InChI=1S/C9H6ClF2IN2/c10-3-5-4-15-8(9(11)12)7(13)6(5)1-2-14/h4,9H,1,3H2. The van der Waals surface area contributed by atoms with Gasteiger partial charge in [-0.2, -0.15) is 5.26 Å². The summed E-state index contributed by atoms with van der Waals surface area (Å²) in [5, 5.41) is 8.59. The monoisotopic (exact) mass is 342 g/mol. The number of alkyl halides is 3. The molecule has 1 aromatic rings. The lowest BCUT2D eigenvalue weighted by molar-refractivity contribution is 0.145. The van der Waals surface area contributed by atoms with Gasteiger partial charge in [0.25, 0.3) is 6.43 Å². The number of nitriles is 1. The van der Waals surface area contributed by atoms with E-state index >= 15 is 0 Å². The van der Waals surface area contributed by atoms with Gasteiger partial charge in [-0.25, -0.2) is 8.78 Å². The Morgan fingerprint density at radius 1 is 1.60 bits per heavy atom. The second kappa shape index (κ2) is 5.56. The first-order valence-corrected chi connectivity index (χ1v) is 5.60. The molecule has 0 unspecified atom stereocenters. The Labute approximate surface area is 104 Å². The lowest BCUT2D eigenvalue weighted by Crippen LogP contribution is -2.03. The van der Waals surface area contributed by atoms with Gasteiger partial charge in [-0.1, -0.05) is 0 Å². The Morgan fingerprint density at radius 2 is 2.27 bits per heavy atom. The van der Waals surface area contributed by atoms with Crippen LogP contribution in [-0.2, 0) is 12.3 Å². The molecule has 0 aliphatic carbocycles. The van der Waals surface area contributed by atoms with Crippen LogP contribution in [0.3, 0.4) is 0 Å². The first-order valence-electron chi connectivity index (χ1n) is 3.99. The lowest BCUT2D eigenvalue weighted by atomic mass is 10.1. The molecule has 1 aromatic heterocycles. The Kier molecular flexibility index (Phi) is 4.67. The summed E-state index contributed by atoms with van der Waals surface area (Å²) in [5.74, 6) is 0.170. The van der Waals surface area contributed by atoms with E-state index in [0.29, 0.717) is 14.7 Å². The summed E-state index contributed by atoms with van der Waals surface area (Å²) < 4.78 is 25.3. The Hall–Kier alpha value is -0.480. The lowest BCUT2D eigenvalue weighted by Gasteiger charge is -2.09.